The summed E-state index contributed by atoms with van der Waals surface area (Å²) in [6.45, 7) is 1.88. The van der Waals surface area contributed by atoms with Crippen molar-refractivity contribution in [2.45, 2.75) is 18.9 Å². The van der Waals surface area contributed by atoms with Crippen molar-refractivity contribution in [3.05, 3.63) is 34.5 Å². The largest absolute Gasteiger partial charge is 0.367 e. The maximum Gasteiger partial charge on any atom is 0.271 e. The lowest BCUT2D eigenvalue weighted by atomic mass is 10.2. The average molecular weight is 273 g/mol. The van der Waals surface area contributed by atoms with E-state index in [2.05, 4.69) is 20.6 Å². The first-order chi connectivity index (χ1) is 9.72. The number of hydrogen-bond donors (Lipinski definition) is 2. The molecule has 1 atom stereocenters. The molecular formula is C13H15N5O2. The van der Waals surface area contributed by atoms with Crippen molar-refractivity contribution in [3.63, 3.8) is 0 Å². The van der Waals surface area contributed by atoms with Crippen LogP contribution in [-0.4, -0.2) is 34.0 Å². The van der Waals surface area contributed by atoms with E-state index in [1.807, 2.05) is 0 Å². The molecule has 0 spiro atoms. The molecule has 1 aliphatic rings. The van der Waals surface area contributed by atoms with E-state index >= 15 is 0 Å². The Hall–Kier alpha value is -2.28. The fraction of sp³-hybridized carbons (Fsp3) is 0.385. The molecule has 20 heavy (non-hydrogen) atoms. The number of hydrogen-bond acceptors (Lipinski definition) is 6. The summed E-state index contributed by atoms with van der Waals surface area (Å²) in [5, 5.41) is 17.3. The molecular weight excluding hydrogens is 258 g/mol. The molecule has 0 unspecified atom stereocenters. The van der Waals surface area contributed by atoms with E-state index in [1.165, 1.54) is 25.0 Å². The topological polar surface area (TPSA) is 93.0 Å². The smallest absolute Gasteiger partial charge is 0.271 e. The zero-order chi connectivity index (χ0) is 13.9. The molecule has 0 radical (unpaired) electrons. The molecule has 1 saturated heterocycles. The summed E-state index contributed by atoms with van der Waals surface area (Å²) < 4.78 is 0. The summed E-state index contributed by atoms with van der Waals surface area (Å²) in [5.41, 5.74) is 1.21. The predicted octanol–water partition coefficient (Wildman–Crippen LogP) is 1.70. The van der Waals surface area contributed by atoms with Gasteiger partial charge in [-0.3, -0.25) is 15.1 Å². The first-order valence-electron chi connectivity index (χ1n) is 6.61. The Kier molecular flexibility index (Phi) is 3.42. The number of benzene rings is 1. The van der Waals surface area contributed by atoms with Crippen molar-refractivity contribution >= 4 is 22.5 Å². The van der Waals surface area contributed by atoms with Crippen LogP contribution in [0.3, 0.4) is 0 Å². The third kappa shape index (κ3) is 2.67. The monoisotopic (exact) mass is 273 g/mol. The predicted molar refractivity (Wildman–Crippen MR) is 75.7 cm³/mol. The summed E-state index contributed by atoms with van der Waals surface area (Å²) >= 11 is 0. The van der Waals surface area contributed by atoms with E-state index < -0.39 is 4.92 Å². The maximum atomic E-state index is 10.7. The van der Waals surface area contributed by atoms with Gasteiger partial charge in [-0.25, -0.2) is 4.98 Å². The number of nitro benzene ring substituents is 1. The number of non-ortho nitro benzene ring substituents is 1. The van der Waals surface area contributed by atoms with Crippen LogP contribution in [0.4, 0.5) is 11.5 Å². The highest BCUT2D eigenvalue weighted by Gasteiger charge is 2.14. The highest BCUT2D eigenvalue weighted by atomic mass is 16.6. The number of aromatic nitrogens is 2. The molecule has 2 aromatic rings. The van der Waals surface area contributed by atoms with Crippen LogP contribution in [0.15, 0.2) is 24.4 Å². The van der Waals surface area contributed by atoms with Crippen molar-refractivity contribution in [1.82, 2.24) is 15.3 Å². The van der Waals surface area contributed by atoms with E-state index in [4.69, 9.17) is 0 Å². The third-order valence-corrected chi connectivity index (χ3v) is 3.43. The Bertz CT molecular complexity index is 640. The lowest BCUT2D eigenvalue weighted by molar-refractivity contribution is -0.384. The minimum Gasteiger partial charge on any atom is -0.367 e. The Morgan fingerprint density at radius 2 is 2.35 bits per heavy atom. The molecule has 0 bridgehead atoms. The standard InChI is InChI=1S/C13H15N5O2/c19-18(20)10-3-4-11-12(6-10)15-8-13(17-11)16-7-9-2-1-5-14-9/h3-4,6,8-9,14H,1-2,5,7H2,(H,16,17)/t9-/m0/s1. The van der Waals surface area contributed by atoms with Crippen LogP contribution in [0.25, 0.3) is 11.0 Å². The third-order valence-electron chi connectivity index (χ3n) is 3.43. The summed E-state index contributed by atoms with van der Waals surface area (Å²) in [7, 11) is 0. The normalized spacial score (nSPS) is 18.3. The van der Waals surface area contributed by atoms with Crippen molar-refractivity contribution in [2.24, 2.45) is 0 Å². The summed E-state index contributed by atoms with van der Waals surface area (Å²) in [6.07, 6.45) is 3.99. The van der Waals surface area contributed by atoms with Gasteiger partial charge in [0.25, 0.3) is 5.69 Å². The number of fused-ring (bicyclic) bond motifs is 1. The zero-order valence-electron chi connectivity index (χ0n) is 10.9. The van der Waals surface area contributed by atoms with Gasteiger partial charge in [0.1, 0.15) is 5.82 Å². The van der Waals surface area contributed by atoms with E-state index in [1.54, 1.807) is 12.3 Å². The number of nitrogens with one attached hydrogen (secondary N) is 2. The van der Waals surface area contributed by atoms with E-state index in [0.717, 1.165) is 13.1 Å². The summed E-state index contributed by atoms with van der Waals surface area (Å²) in [4.78, 5) is 18.9. The second-order valence-corrected chi connectivity index (χ2v) is 4.86. The lowest BCUT2D eigenvalue weighted by Crippen LogP contribution is -2.29. The molecule has 3 rings (SSSR count). The van der Waals surface area contributed by atoms with Gasteiger partial charge < -0.3 is 10.6 Å². The molecule has 2 N–H and O–H groups in total. The van der Waals surface area contributed by atoms with Gasteiger partial charge in [-0.15, -0.1) is 0 Å². The molecule has 0 saturated carbocycles. The molecule has 0 amide bonds. The van der Waals surface area contributed by atoms with Crippen molar-refractivity contribution in [3.8, 4) is 0 Å². The first kappa shape index (κ1) is 12.7. The van der Waals surface area contributed by atoms with Gasteiger partial charge in [0.15, 0.2) is 0 Å². The minimum absolute atomic E-state index is 0.0302. The van der Waals surface area contributed by atoms with Crippen molar-refractivity contribution in [1.29, 1.82) is 0 Å². The Balaban J connectivity index is 1.76. The maximum absolute atomic E-state index is 10.7. The molecule has 7 heteroatoms. The highest BCUT2D eigenvalue weighted by molar-refractivity contribution is 5.78. The number of anilines is 1. The molecule has 1 fully saturated rings. The van der Waals surface area contributed by atoms with Gasteiger partial charge in [0.05, 0.1) is 22.2 Å². The molecule has 104 valence electrons. The average Bonchev–Trinajstić information content (AvgIpc) is 2.97. The zero-order valence-corrected chi connectivity index (χ0v) is 10.9. The van der Waals surface area contributed by atoms with Crippen LogP contribution in [0.1, 0.15) is 12.8 Å². The van der Waals surface area contributed by atoms with Crippen LogP contribution >= 0.6 is 0 Å². The first-order valence-corrected chi connectivity index (χ1v) is 6.61. The van der Waals surface area contributed by atoms with Gasteiger partial charge >= 0.3 is 0 Å². The Labute approximate surface area is 115 Å². The number of rotatable bonds is 4. The van der Waals surface area contributed by atoms with Crippen LogP contribution in [-0.2, 0) is 0 Å². The fourth-order valence-corrected chi connectivity index (χ4v) is 2.36. The van der Waals surface area contributed by atoms with Crippen molar-refractivity contribution in [2.75, 3.05) is 18.4 Å². The van der Waals surface area contributed by atoms with Crippen LogP contribution in [0, 0.1) is 10.1 Å². The van der Waals surface area contributed by atoms with E-state index in [9.17, 15) is 10.1 Å². The molecule has 0 aliphatic carbocycles. The van der Waals surface area contributed by atoms with Gasteiger partial charge in [-0.05, 0) is 25.5 Å². The lowest BCUT2D eigenvalue weighted by Gasteiger charge is -2.11. The highest BCUT2D eigenvalue weighted by Crippen LogP contribution is 2.19. The van der Waals surface area contributed by atoms with Crippen LogP contribution in [0.5, 0.6) is 0 Å². The quantitative estimate of drug-likeness (QED) is 0.650. The molecule has 1 aromatic carbocycles. The Morgan fingerprint density at radius 1 is 1.45 bits per heavy atom. The fourth-order valence-electron chi connectivity index (χ4n) is 2.36. The van der Waals surface area contributed by atoms with Gasteiger partial charge in [0, 0.05) is 24.7 Å². The molecule has 1 aliphatic heterocycles. The Morgan fingerprint density at radius 3 is 3.10 bits per heavy atom. The van der Waals surface area contributed by atoms with E-state index in [0.29, 0.717) is 22.9 Å². The second-order valence-electron chi connectivity index (χ2n) is 4.86. The summed E-state index contributed by atoms with van der Waals surface area (Å²) in [6, 6.07) is 4.98. The minimum atomic E-state index is -0.432. The number of nitrogens with zero attached hydrogens (tertiary/aromatic N) is 3. The van der Waals surface area contributed by atoms with Crippen LogP contribution < -0.4 is 10.6 Å². The second kappa shape index (κ2) is 5.38. The number of nitro groups is 1. The SMILES string of the molecule is O=[N+]([O-])c1ccc2nc(NC[C@@H]3CCCN3)cnc2c1. The van der Waals surface area contributed by atoms with Gasteiger partial charge in [-0.2, -0.15) is 0 Å². The molecule has 7 nitrogen and oxygen atoms in total. The van der Waals surface area contributed by atoms with Gasteiger partial charge in [-0.1, -0.05) is 0 Å². The summed E-state index contributed by atoms with van der Waals surface area (Å²) in [5.74, 6) is 0.694. The molecule has 2 heterocycles. The van der Waals surface area contributed by atoms with Crippen molar-refractivity contribution < 1.29 is 4.92 Å². The van der Waals surface area contributed by atoms with Crippen LogP contribution in [0.2, 0.25) is 0 Å². The molecule has 1 aromatic heterocycles. The van der Waals surface area contributed by atoms with E-state index in [-0.39, 0.29) is 5.69 Å². The van der Waals surface area contributed by atoms with Gasteiger partial charge in [0.2, 0.25) is 0 Å².